The molecule has 0 unspecified atom stereocenters. The largest absolute Gasteiger partial charge is 0.491 e. The normalized spacial score (nSPS) is 10.6. The van der Waals surface area contributed by atoms with E-state index in [1.807, 2.05) is 13.8 Å². The number of carbonyl (C=O) groups is 2. The van der Waals surface area contributed by atoms with Crippen LogP contribution >= 0.6 is 0 Å². The Kier molecular flexibility index (Phi) is 5.05. The Hall–Kier alpha value is -2.76. The monoisotopic (exact) mass is 317 g/mol. The lowest BCUT2D eigenvalue weighted by atomic mass is 10.1. The fourth-order valence-electron chi connectivity index (χ4n) is 2.15. The quantitative estimate of drug-likeness (QED) is 0.853. The molecule has 0 aliphatic rings. The molecule has 0 saturated carbocycles. The number of ether oxygens (including phenoxy) is 1. The van der Waals surface area contributed by atoms with Crippen LogP contribution in [0, 0.1) is 6.92 Å². The molecule has 0 radical (unpaired) electrons. The highest BCUT2D eigenvalue weighted by atomic mass is 16.5. The Morgan fingerprint density at radius 1 is 1.26 bits per heavy atom. The van der Waals surface area contributed by atoms with Gasteiger partial charge in [-0.25, -0.2) is 0 Å². The first-order chi connectivity index (χ1) is 10.9. The van der Waals surface area contributed by atoms with Gasteiger partial charge in [-0.05, 0) is 45.0 Å². The third-order valence-corrected chi connectivity index (χ3v) is 3.07. The predicted octanol–water partition coefficient (Wildman–Crippen LogP) is 3.25. The number of rotatable bonds is 6. The second-order valence-electron chi connectivity index (χ2n) is 5.43. The van der Waals surface area contributed by atoms with E-state index in [9.17, 15) is 9.59 Å². The molecule has 122 valence electrons. The second-order valence-corrected chi connectivity index (χ2v) is 5.43. The number of carbonyl (C=O) groups excluding carboxylic acids is 1. The van der Waals surface area contributed by atoms with Gasteiger partial charge in [0.05, 0.1) is 17.9 Å². The Balaban J connectivity index is 2.13. The van der Waals surface area contributed by atoms with Crippen LogP contribution in [0.4, 0.5) is 5.69 Å². The maximum atomic E-state index is 12.4. The Bertz CT molecular complexity index is 700. The lowest BCUT2D eigenvalue weighted by Crippen LogP contribution is -2.15. The molecular weight excluding hydrogens is 298 g/mol. The van der Waals surface area contributed by atoms with Crippen molar-refractivity contribution in [2.75, 3.05) is 5.32 Å². The van der Waals surface area contributed by atoms with E-state index in [0.717, 1.165) is 0 Å². The first-order valence-electron chi connectivity index (χ1n) is 7.23. The van der Waals surface area contributed by atoms with Gasteiger partial charge >= 0.3 is 5.97 Å². The molecule has 2 rings (SSSR count). The van der Waals surface area contributed by atoms with Gasteiger partial charge in [0.15, 0.2) is 0 Å². The minimum Gasteiger partial charge on any atom is -0.491 e. The van der Waals surface area contributed by atoms with Gasteiger partial charge in [-0.15, -0.1) is 0 Å². The third kappa shape index (κ3) is 4.35. The number of amides is 1. The number of hydrogen-bond donors (Lipinski definition) is 2. The van der Waals surface area contributed by atoms with Crippen LogP contribution in [-0.2, 0) is 11.2 Å². The Morgan fingerprint density at radius 3 is 2.48 bits per heavy atom. The average Bonchev–Trinajstić information content (AvgIpc) is 2.80. The first kappa shape index (κ1) is 16.6. The number of carboxylic acids is 1. The van der Waals surface area contributed by atoms with Crippen LogP contribution < -0.4 is 10.1 Å². The molecule has 6 heteroatoms. The van der Waals surface area contributed by atoms with E-state index in [4.69, 9.17) is 14.3 Å². The van der Waals surface area contributed by atoms with Gasteiger partial charge in [-0.3, -0.25) is 9.59 Å². The van der Waals surface area contributed by atoms with Gasteiger partial charge in [0.25, 0.3) is 5.91 Å². The lowest BCUT2D eigenvalue weighted by molar-refractivity contribution is -0.136. The van der Waals surface area contributed by atoms with E-state index < -0.39 is 11.9 Å². The van der Waals surface area contributed by atoms with Gasteiger partial charge in [0.1, 0.15) is 17.9 Å². The van der Waals surface area contributed by atoms with Crippen molar-refractivity contribution in [2.45, 2.75) is 33.3 Å². The molecule has 6 nitrogen and oxygen atoms in total. The minimum atomic E-state index is -1.05. The topological polar surface area (TPSA) is 88.8 Å². The maximum absolute atomic E-state index is 12.4. The summed E-state index contributed by atoms with van der Waals surface area (Å²) in [4.78, 5) is 23.2. The molecule has 2 N–H and O–H groups in total. The van der Waals surface area contributed by atoms with E-state index in [0.29, 0.717) is 17.0 Å². The summed E-state index contributed by atoms with van der Waals surface area (Å²) in [6.45, 7) is 5.56. The highest BCUT2D eigenvalue weighted by Crippen LogP contribution is 2.21. The first-order valence-corrected chi connectivity index (χ1v) is 7.23. The molecule has 0 atom stereocenters. The third-order valence-electron chi connectivity index (χ3n) is 3.07. The van der Waals surface area contributed by atoms with E-state index in [2.05, 4.69) is 5.32 Å². The minimum absolute atomic E-state index is 0.0718. The molecule has 1 heterocycles. The summed E-state index contributed by atoms with van der Waals surface area (Å²) in [6.07, 6.45) is 1.12. The van der Waals surface area contributed by atoms with Crippen LogP contribution in [0.2, 0.25) is 0 Å². The van der Waals surface area contributed by atoms with E-state index in [1.165, 1.54) is 6.26 Å². The standard InChI is InChI=1S/C17H19NO5/c1-10(2)23-13-6-4-12(5-7-13)18-17(21)16-11(3)9-22-14(16)8-15(19)20/h4-7,9-10H,8H2,1-3H3,(H,18,21)(H,19,20). The van der Waals surface area contributed by atoms with E-state index in [1.54, 1.807) is 31.2 Å². The zero-order chi connectivity index (χ0) is 17.0. The number of aryl methyl sites for hydroxylation is 1. The van der Waals surface area contributed by atoms with Gasteiger partial charge in [0, 0.05) is 11.3 Å². The Labute approximate surface area is 134 Å². The molecule has 1 aromatic carbocycles. The molecular formula is C17H19NO5. The predicted molar refractivity (Wildman–Crippen MR) is 84.9 cm³/mol. The van der Waals surface area contributed by atoms with Crippen LogP contribution in [0.25, 0.3) is 0 Å². The molecule has 0 bridgehead atoms. The van der Waals surface area contributed by atoms with Crippen molar-refractivity contribution in [1.82, 2.24) is 0 Å². The number of hydrogen-bond acceptors (Lipinski definition) is 4. The number of furan rings is 1. The summed E-state index contributed by atoms with van der Waals surface area (Å²) < 4.78 is 10.7. The summed E-state index contributed by atoms with van der Waals surface area (Å²) in [7, 11) is 0. The second kappa shape index (κ2) is 7.00. The molecule has 0 fully saturated rings. The molecule has 2 aromatic rings. The van der Waals surface area contributed by atoms with Gasteiger partial charge in [0.2, 0.25) is 0 Å². The van der Waals surface area contributed by atoms with Crippen molar-refractivity contribution in [2.24, 2.45) is 0 Å². The van der Waals surface area contributed by atoms with E-state index >= 15 is 0 Å². The zero-order valence-electron chi connectivity index (χ0n) is 13.3. The average molecular weight is 317 g/mol. The SMILES string of the molecule is Cc1coc(CC(=O)O)c1C(=O)Nc1ccc(OC(C)C)cc1. The molecule has 0 saturated heterocycles. The van der Waals surface area contributed by atoms with Crippen molar-refractivity contribution < 1.29 is 23.8 Å². The number of benzene rings is 1. The lowest BCUT2D eigenvalue weighted by Gasteiger charge is -2.11. The molecule has 1 aromatic heterocycles. The molecule has 0 aliphatic heterocycles. The maximum Gasteiger partial charge on any atom is 0.311 e. The fourth-order valence-corrected chi connectivity index (χ4v) is 2.15. The summed E-state index contributed by atoms with van der Waals surface area (Å²) in [5.74, 6) is -0.593. The van der Waals surface area contributed by atoms with Crippen molar-refractivity contribution >= 4 is 17.6 Å². The molecule has 0 aliphatic carbocycles. The summed E-state index contributed by atoms with van der Waals surface area (Å²) >= 11 is 0. The van der Waals surface area contributed by atoms with Gasteiger partial charge in [-0.1, -0.05) is 0 Å². The highest BCUT2D eigenvalue weighted by molar-refractivity contribution is 6.06. The number of aliphatic carboxylic acids is 1. The van der Waals surface area contributed by atoms with Crippen LogP contribution in [0.1, 0.15) is 35.5 Å². The van der Waals surface area contributed by atoms with Crippen LogP contribution in [0.15, 0.2) is 34.9 Å². The van der Waals surface area contributed by atoms with Crippen LogP contribution in [-0.4, -0.2) is 23.1 Å². The number of nitrogens with one attached hydrogen (secondary N) is 1. The van der Waals surface area contributed by atoms with Crippen molar-refractivity contribution in [3.63, 3.8) is 0 Å². The number of anilines is 1. The van der Waals surface area contributed by atoms with Crippen molar-refractivity contribution in [3.05, 3.63) is 47.4 Å². The van der Waals surface area contributed by atoms with Gasteiger partial charge in [-0.2, -0.15) is 0 Å². The summed E-state index contributed by atoms with van der Waals surface area (Å²) in [6, 6.07) is 6.97. The highest BCUT2D eigenvalue weighted by Gasteiger charge is 2.20. The Morgan fingerprint density at radius 2 is 1.91 bits per heavy atom. The molecule has 1 amide bonds. The van der Waals surface area contributed by atoms with Crippen molar-refractivity contribution in [1.29, 1.82) is 0 Å². The van der Waals surface area contributed by atoms with E-state index in [-0.39, 0.29) is 23.8 Å². The zero-order valence-corrected chi connectivity index (χ0v) is 13.3. The smallest absolute Gasteiger partial charge is 0.311 e. The fraction of sp³-hybridized carbons (Fsp3) is 0.294. The molecule has 23 heavy (non-hydrogen) atoms. The van der Waals surface area contributed by atoms with Gasteiger partial charge < -0.3 is 19.6 Å². The summed E-state index contributed by atoms with van der Waals surface area (Å²) in [5.41, 5.74) is 1.45. The van der Waals surface area contributed by atoms with Crippen LogP contribution in [0.3, 0.4) is 0 Å². The van der Waals surface area contributed by atoms with Crippen molar-refractivity contribution in [3.8, 4) is 5.75 Å². The number of carboxylic acid groups (broad SMARTS) is 1. The summed E-state index contributed by atoms with van der Waals surface area (Å²) in [5, 5.41) is 11.6. The van der Waals surface area contributed by atoms with Crippen LogP contribution in [0.5, 0.6) is 5.75 Å². The molecule has 0 spiro atoms.